The van der Waals surface area contributed by atoms with E-state index < -0.39 is 14.2 Å². The molecule has 3 aromatic heterocycles. The first-order chi connectivity index (χ1) is 16.1. The van der Waals surface area contributed by atoms with Crippen molar-refractivity contribution < 1.29 is 9.84 Å². The number of hydrogen-bond donors (Lipinski definition) is 1. The molecule has 2 unspecified atom stereocenters. The van der Waals surface area contributed by atoms with E-state index in [1.807, 2.05) is 30.5 Å². The first-order valence-corrected chi connectivity index (χ1v) is 16.1. The Balaban J connectivity index is 1.50. The van der Waals surface area contributed by atoms with E-state index in [1.54, 1.807) is 22.4 Å². The highest BCUT2D eigenvalue weighted by molar-refractivity contribution is 7.16. The molecule has 1 aromatic carbocycles. The van der Waals surface area contributed by atoms with Gasteiger partial charge in [-0.25, -0.2) is 9.67 Å². The summed E-state index contributed by atoms with van der Waals surface area (Å²) in [6.45, 7) is 11.8. The fourth-order valence-electron chi connectivity index (χ4n) is 3.66. The molecule has 7 nitrogen and oxygen atoms in total. The lowest BCUT2D eigenvalue weighted by Crippen LogP contribution is -2.23. The fraction of sp³-hybridized carbons (Fsp3) is 0.400. The molecule has 1 N–H and O–H groups in total. The van der Waals surface area contributed by atoms with E-state index in [4.69, 9.17) is 9.84 Å². The van der Waals surface area contributed by atoms with E-state index in [-0.39, 0.29) is 10.8 Å². The molecule has 4 aromatic rings. The first-order valence-electron chi connectivity index (χ1n) is 11.5. The van der Waals surface area contributed by atoms with Gasteiger partial charge in [0.1, 0.15) is 6.73 Å². The van der Waals surface area contributed by atoms with Crippen LogP contribution >= 0.6 is 11.3 Å². The predicted molar refractivity (Wildman–Crippen MR) is 140 cm³/mol. The van der Waals surface area contributed by atoms with Crippen LogP contribution < -0.4 is 4.87 Å². The number of aromatic nitrogens is 4. The van der Waals surface area contributed by atoms with Crippen LogP contribution in [-0.4, -0.2) is 39.1 Å². The van der Waals surface area contributed by atoms with E-state index in [1.165, 1.54) is 11.3 Å². The Hall–Kier alpha value is -2.59. The van der Waals surface area contributed by atoms with Crippen LogP contribution in [0, 0.1) is 0 Å². The number of ether oxygens (including phenoxy) is 1. The van der Waals surface area contributed by atoms with Crippen LogP contribution in [0.5, 0.6) is 0 Å². The van der Waals surface area contributed by atoms with E-state index >= 15 is 0 Å². The molecule has 4 rings (SSSR count). The van der Waals surface area contributed by atoms with E-state index in [0.717, 1.165) is 33.1 Å². The Bertz CT molecular complexity index is 1320. The summed E-state index contributed by atoms with van der Waals surface area (Å²) in [6, 6.07) is 12.9. The van der Waals surface area contributed by atoms with Crippen LogP contribution in [0.1, 0.15) is 42.7 Å². The van der Waals surface area contributed by atoms with Crippen molar-refractivity contribution >= 4 is 29.6 Å². The molecule has 0 spiro atoms. The Morgan fingerprint density at radius 3 is 2.56 bits per heavy atom. The van der Waals surface area contributed by atoms with E-state index in [2.05, 4.69) is 43.7 Å². The molecule has 0 bridgehead atoms. The van der Waals surface area contributed by atoms with Gasteiger partial charge >= 0.3 is 4.87 Å². The van der Waals surface area contributed by atoms with Crippen LogP contribution in [0.2, 0.25) is 25.7 Å². The van der Waals surface area contributed by atoms with Crippen LogP contribution in [-0.2, 0) is 11.5 Å². The van der Waals surface area contributed by atoms with E-state index in [0.29, 0.717) is 19.2 Å². The van der Waals surface area contributed by atoms with Crippen LogP contribution in [0.25, 0.3) is 16.0 Å². The second kappa shape index (κ2) is 9.95. The zero-order chi connectivity index (χ0) is 24.5. The van der Waals surface area contributed by atoms with Crippen molar-refractivity contribution in [1.29, 1.82) is 0 Å². The van der Waals surface area contributed by atoms with Gasteiger partial charge in [-0.15, -0.1) is 0 Å². The molecule has 0 radical (unpaired) electrons. The van der Waals surface area contributed by atoms with Gasteiger partial charge in [0.05, 0.1) is 22.0 Å². The van der Waals surface area contributed by atoms with Crippen molar-refractivity contribution in [1.82, 2.24) is 19.3 Å². The van der Waals surface area contributed by atoms with Crippen LogP contribution in [0.4, 0.5) is 0 Å². The van der Waals surface area contributed by atoms with E-state index in [9.17, 15) is 9.90 Å². The third-order valence-electron chi connectivity index (χ3n) is 5.95. The highest BCUT2D eigenvalue weighted by Crippen LogP contribution is 2.28. The zero-order valence-electron chi connectivity index (χ0n) is 20.4. The highest BCUT2D eigenvalue weighted by Gasteiger charge is 2.16. The van der Waals surface area contributed by atoms with Gasteiger partial charge in [0.25, 0.3) is 0 Å². The molecule has 0 aliphatic heterocycles. The van der Waals surface area contributed by atoms with Crippen molar-refractivity contribution in [2.75, 3.05) is 6.61 Å². The maximum Gasteiger partial charge on any atom is 0.310 e. The predicted octanol–water partition coefficient (Wildman–Crippen LogP) is 5.16. The van der Waals surface area contributed by atoms with Crippen molar-refractivity contribution in [2.45, 2.75) is 58.3 Å². The summed E-state index contributed by atoms with van der Waals surface area (Å²) in [6.07, 6.45) is 3.01. The van der Waals surface area contributed by atoms with Crippen LogP contribution in [0.3, 0.4) is 0 Å². The summed E-state index contributed by atoms with van der Waals surface area (Å²) >= 11 is 1.25. The maximum absolute atomic E-state index is 12.6. The number of nitrogens with zero attached hydrogens (tertiary/aromatic N) is 4. The molecule has 0 saturated heterocycles. The number of aliphatic hydroxyl groups is 1. The minimum absolute atomic E-state index is 0.00352. The monoisotopic (exact) mass is 496 g/mol. The van der Waals surface area contributed by atoms with Gasteiger partial charge in [0.2, 0.25) is 0 Å². The van der Waals surface area contributed by atoms with Gasteiger partial charge in [-0.1, -0.05) is 50.0 Å². The minimum atomic E-state index is -1.16. The first kappa shape index (κ1) is 24.5. The summed E-state index contributed by atoms with van der Waals surface area (Å²) in [7, 11) is -1.16. The number of benzene rings is 1. The minimum Gasteiger partial charge on any atom is -0.389 e. The third-order valence-corrected chi connectivity index (χ3v) is 8.60. The summed E-state index contributed by atoms with van der Waals surface area (Å²) in [5, 5.41) is 14.4. The topological polar surface area (TPSA) is 82.2 Å². The Morgan fingerprint density at radius 1 is 1.12 bits per heavy atom. The van der Waals surface area contributed by atoms with Crippen molar-refractivity contribution in [3.8, 4) is 5.82 Å². The fourth-order valence-corrected chi connectivity index (χ4v) is 5.34. The zero-order valence-corrected chi connectivity index (χ0v) is 22.2. The molecule has 34 heavy (non-hydrogen) atoms. The molecule has 0 saturated carbocycles. The van der Waals surface area contributed by atoms with Gasteiger partial charge in [-0.2, -0.15) is 5.10 Å². The summed E-state index contributed by atoms with van der Waals surface area (Å²) < 4.78 is 10.2. The van der Waals surface area contributed by atoms with Crippen molar-refractivity contribution in [2.24, 2.45) is 0 Å². The third kappa shape index (κ3) is 5.55. The van der Waals surface area contributed by atoms with Gasteiger partial charge in [0.15, 0.2) is 5.82 Å². The summed E-state index contributed by atoms with van der Waals surface area (Å²) in [4.78, 5) is 17.0. The molecule has 0 amide bonds. The Labute approximate surface area is 204 Å². The largest absolute Gasteiger partial charge is 0.389 e. The highest BCUT2D eigenvalue weighted by atomic mass is 32.1. The lowest BCUT2D eigenvalue weighted by molar-refractivity contribution is 0.0888. The molecule has 180 valence electrons. The average Bonchev–Trinajstić information content (AvgIpc) is 3.40. The van der Waals surface area contributed by atoms with Gasteiger partial charge in [0, 0.05) is 33.0 Å². The number of pyridine rings is 1. The quantitative estimate of drug-likeness (QED) is 0.256. The molecule has 9 heteroatoms. The molecule has 0 aliphatic carbocycles. The molecule has 2 atom stereocenters. The SMILES string of the molecule is CC(O)c1ccc(-n2ccc(C(C)c3ccc4c(c3)sc(=O)n4COCC[Si](C)(C)C)n2)nc1. The van der Waals surface area contributed by atoms with Crippen LogP contribution in [0.15, 0.2) is 53.6 Å². The number of thiazole rings is 1. The maximum atomic E-state index is 12.6. The van der Waals surface area contributed by atoms with Gasteiger partial charge in [-0.3, -0.25) is 9.36 Å². The Morgan fingerprint density at radius 2 is 1.88 bits per heavy atom. The standard InChI is InChI=1S/C25H32N4O3SSi/c1-17(21-10-11-29(27-21)24-9-7-20(15-26-24)18(2)30)19-6-8-22-23(14-19)33-25(31)28(22)16-32-12-13-34(3,4)5/h6-11,14-15,17-18,30H,12-13,16H2,1-5H3. The molecule has 0 aliphatic rings. The molecular weight excluding hydrogens is 464 g/mol. The van der Waals surface area contributed by atoms with Crippen molar-refractivity contribution in [3.05, 3.63) is 75.3 Å². The average molecular weight is 497 g/mol. The van der Waals surface area contributed by atoms with Crippen molar-refractivity contribution in [3.63, 3.8) is 0 Å². The lowest BCUT2D eigenvalue weighted by Gasteiger charge is -2.15. The number of rotatable bonds is 9. The second-order valence-electron chi connectivity index (χ2n) is 9.90. The lowest BCUT2D eigenvalue weighted by atomic mass is 9.98. The molecule has 3 heterocycles. The number of aliphatic hydroxyl groups excluding tert-OH is 1. The number of fused-ring (bicyclic) bond motifs is 1. The van der Waals surface area contributed by atoms with Gasteiger partial charge < -0.3 is 9.84 Å². The second-order valence-corrected chi connectivity index (χ2v) is 16.5. The van der Waals surface area contributed by atoms with Gasteiger partial charge in [-0.05, 0) is 48.4 Å². The smallest absolute Gasteiger partial charge is 0.310 e. The summed E-state index contributed by atoms with van der Waals surface area (Å²) in [5.74, 6) is 0.753. The molecular formula is C25H32N4O3SSi. The summed E-state index contributed by atoms with van der Waals surface area (Å²) in [5.41, 5.74) is 3.70. The Kier molecular flexibility index (Phi) is 7.18. The molecule has 0 fully saturated rings. The number of hydrogen-bond acceptors (Lipinski definition) is 6. The normalized spacial score (nSPS) is 13.9.